The van der Waals surface area contributed by atoms with Crippen LogP contribution in [-0.4, -0.2) is 4.98 Å². The molecule has 2 nitrogen and oxygen atoms in total. The first-order valence-electron chi connectivity index (χ1n) is 6.36. The predicted octanol–water partition coefficient (Wildman–Crippen LogP) is 5.68. The number of nitrogens with zero attached hydrogens (tertiary/aromatic N) is 2. The normalized spacial score (nSPS) is 9.45. The summed E-state index contributed by atoms with van der Waals surface area (Å²) in [5, 5.41) is 9.78. The Hall–Kier alpha value is -1.37. The van der Waals surface area contributed by atoms with Gasteiger partial charge in [-0.3, -0.25) is 4.98 Å². The molecule has 0 unspecified atom stereocenters. The van der Waals surface area contributed by atoms with Crippen molar-refractivity contribution >= 4 is 27.5 Å². The maximum Gasteiger partial charge on any atom is 0.0999 e. The number of hydrogen-bond acceptors (Lipinski definition) is 2. The first kappa shape index (κ1) is 16.7. The fraction of sp³-hybridized carbons (Fsp3) is 0.250. The highest BCUT2D eigenvalue weighted by Crippen LogP contribution is 2.34. The number of benzene rings is 1. The molecule has 2 aromatic rings. The lowest BCUT2D eigenvalue weighted by Gasteiger charge is -2.09. The van der Waals surface area contributed by atoms with Crippen LogP contribution in [-0.2, 0) is 0 Å². The van der Waals surface area contributed by atoms with Crippen molar-refractivity contribution < 1.29 is 0 Å². The third kappa shape index (κ3) is 3.82. The van der Waals surface area contributed by atoms with Gasteiger partial charge in [0.05, 0.1) is 16.7 Å². The lowest BCUT2D eigenvalue weighted by atomic mass is 10.00. The van der Waals surface area contributed by atoms with Crippen LogP contribution >= 0.6 is 27.5 Å². The number of nitriles is 1. The third-order valence-corrected chi connectivity index (χ3v) is 3.30. The van der Waals surface area contributed by atoms with Gasteiger partial charge in [0.15, 0.2) is 0 Å². The molecule has 0 radical (unpaired) electrons. The van der Waals surface area contributed by atoms with Gasteiger partial charge in [0.2, 0.25) is 0 Å². The Labute approximate surface area is 133 Å². The molecule has 20 heavy (non-hydrogen) atoms. The SMILES string of the molecule is CC.Cc1cc(-c2c(Cl)cc(Br)cc2C#N)cc(C)n1. The Morgan fingerprint density at radius 1 is 1.10 bits per heavy atom. The highest BCUT2D eigenvalue weighted by Gasteiger charge is 2.12. The Morgan fingerprint density at radius 2 is 1.65 bits per heavy atom. The molecule has 1 aromatic heterocycles. The summed E-state index contributed by atoms with van der Waals surface area (Å²) >= 11 is 9.59. The number of aromatic nitrogens is 1. The summed E-state index contributed by atoms with van der Waals surface area (Å²) in [5.41, 5.74) is 4.06. The molecule has 0 bridgehead atoms. The number of rotatable bonds is 1. The quantitative estimate of drug-likeness (QED) is 0.662. The molecule has 0 aliphatic heterocycles. The lowest BCUT2D eigenvalue weighted by molar-refractivity contribution is 1.12. The molecule has 0 aliphatic carbocycles. The van der Waals surface area contributed by atoms with Crippen LogP contribution < -0.4 is 0 Å². The monoisotopic (exact) mass is 350 g/mol. The van der Waals surface area contributed by atoms with Gasteiger partial charge in [-0.15, -0.1) is 0 Å². The van der Waals surface area contributed by atoms with Crippen LogP contribution in [0.1, 0.15) is 30.8 Å². The standard InChI is InChI=1S/C14H10BrClN2.C2H6/c1-8-3-10(4-9(2)18-8)14-11(7-17)5-12(15)6-13(14)16;1-2/h3-6H,1-2H3;1-2H3. The largest absolute Gasteiger partial charge is 0.258 e. The Bertz CT molecular complexity index is 640. The van der Waals surface area contributed by atoms with E-state index in [1.807, 2.05) is 39.8 Å². The van der Waals surface area contributed by atoms with E-state index in [4.69, 9.17) is 11.6 Å². The van der Waals surface area contributed by atoms with Crippen LogP contribution in [0, 0.1) is 25.2 Å². The van der Waals surface area contributed by atoms with Gasteiger partial charge < -0.3 is 0 Å². The zero-order valence-corrected chi connectivity index (χ0v) is 14.3. The fourth-order valence-electron chi connectivity index (χ4n) is 1.93. The van der Waals surface area contributed by atoms with Crippen molar-refractivity contribution in [2.45, 2.75) is 27.7 Å². The van der Waals surface area contributed by atoms with Gasteiger partial charge in [0, 0.05) is 21.4 Å². The van der Waals surface area contributed by atoms with Crippen molar-refractivity contribution in [2.75, 3.05) is 0 Å². The molecular formula is C16H16BrClN2. The van der Waals surface area contributed by atoms with Crippen LogP contribution in [0.2, 0.25) is 5.02 Å². The van der Waals surface area contributed by atoms with E-state index < -0.39 is 0 Å². The van der Waals surface area contributed by atoms with Crippen molar-refractivity contribution in [3.63, 3.8) is 0 Å². The van der Waals surface area contributed by atoms with Crippen LogP contribution in [0.4, 0.5) is 0 Å². The second kappa shape index (κ2) is 7.42. The Balaban J connectivity index is 0.000000956. The van der Waals surface area contributed by atoms with Crippen molar-refractivity contribution in [2.24, 2.45) is 0 Å². The first-order valence-corrected chi connectivity index (χ1v) is 7.53. The van der Waals surface area contributed by atoms with Crippen LogP contribution in [0.5, 0.6) is 0 Å². The predicted molar refractivity (Wildman–Crippen MR) is 87.9 cm³/mol. The molecule has 1 aromatic carbocycles. The molecule has 0 saturated carbocycles. The molecule has 2 rings (SSSR count). The molecule has 104 valence electrons. The molecule has 0 atom stereocenters. The number of halogens is 2. The second-order valence-electron chi connectivity index (χ2n) is 4.06. The van der Waals surface area contributed by atoms with E-state index in [-0.39, 0.29) is 0 Å². The molecule has 0 N–H and O–H groups in total. The zero-order valence-electron chi connectivity index (χ0n) is 12.0. The smallest absolute Gasteiger partial charge is 0.0999 e. The minimum absolute atomic E-state index is 0.555. The van der Waals surface area contributed by atoms with Crippen molar-refractivity contribution in [3.8, 4) is 17.2 Å². The molecule has 0 saturated heterocycles. The summed E-state index contributed by atoms with van der Waals surface area (Å²) in [6.45, 7) is 7.85. The van der Waals surface area contributed by atoms with E-state index in [0.717, 1.165) is 27.0 Å². The van der Waals surface area contributed by atoms with E-state index in [1.165, 1.54) is 0 Å². The van der Waals surface area contributed by atoms with E-state index in [0.29, 0.717) is 10.6 Å². The van der Waals surface area contributed by atoms with E-state index in [1.54, 1.807) is 12.1 Å². The molecule has 0 fully saturated rings. The average Bonchev–Trinajstić information content (AvgIpc) is 2.38. The van der Waals surface area contributed by atoms with E-state index in [9.17, 15) is 5.26 Å². The molecule has 0 aliphatic rings. The summed E-state index contributed by atoms with van der Waals surface area (Å²) in [7, 11) is 0. The van der Waals surface area contributed by atoms with Crippen molar-refractivity contribution in [1.29, 1.82) is 5.26 Å². The van der Waals surface area contributed by atoms with Gasteiger partial charge in [-0.2, -0.15) is 5.26 Å². The van der Waals surface area contributed by atoms with Gasteiger partial charge >= 0.3 is 0 Å². The summed E-state index contributed by atoms with van der Waals surface area (Å²) < 4.78 is 0.801. The molecule has 1 heterocycles. The topological polar surface area (TPSA) is 36.7 Å². The highest BCUT2D eigenvalue weighted by atomic mass is 79.9. The summed E-state index contributed by atoms with van der Waals surface area (Å²) in [6.07, 6.45) is 0. The molecule has 0 amide bonds. The van der Waals surface area contributed by atoms with Gasteiger partial charge in [-0.05, 0) is 43.7 Å². The molecular weight excluding hydrogens is 336 g/mol. The maximum absolute atomic E-state index is 9.22. The fourth-order valence-corrected chi connectivity index (χ4v) is 2.85. The van der Waals surface area contributed by atoms with Crippen LogP contribution in [0.15, 0.2) is 28.7 Å². The Kier molecular flexibility index (Phi) is 6.19. The Morgan fingerprint density at radius 3 is 2.15 bits per heavy atom. The van der Waals surface area contributed by atoms with E-state index >= 15 is 0 Å². The van der Waals surface area contributed by atoms with Gasteiger partial charge in [0.1, 0.15) is 0 Å². The van der Waals surface area contributed by atoms with E-state index in [2.05, 4.69) is 27.0 Å². The highest BCUT2D eigenvalue weighted by molar-refractivity contribution is 9.10. The average molecular weight is 352 g/mol. The van der Waals surface area contributed by atoms with Gasteiger partial charge in [-0.1, -0.05) is 41.4 Å². The van der Waals surface area contributed by atoms with Gasteiger partial charge in [0.25, 0.3) is 0 Å². The lowest BCUT2D eigenvalue weighted by Crippen LogP contribution is -1.91. The van der Waals surface area contributed by atoms with Crippen molar-refractivity contribution in [3.05, 3.63) is 50.7 Å². The minimum Gasteiger partial charge on any atom is -0.258 e. The van der Waals surface area contributed by atoms with Crippen molar-refractivity contribution in [1.82, 2.24) is 4.98 Å². The summed E-state index contributed by atoms with van der Waals surface area (Å²) in [6, 6.07) is 9.61. The van der Waals surface area contributed by atoms with Crippen LogP contribution in [0.3, 0.4) is 0 Å². The number of pyridine rings is 1. The number of aryl methyl sites for hydroxylation is 2. The van der Waals surface area contributed by atoms with Gasteiger partial charge in [-0.25, -0.2) is 0 Å². The molecule has 4 heteroatoms. The third-order valence-electron chi connectivity index (χ3n) is 2.55. The first-order chi connectivity index (χ1) is 9.51. The maximum atomic E-state index is 9.22. The number of hydrogen-bond donors (Lipinski definition) is 0. The minimum atomic E-state index is 0.555. The summed E-state index contributed by atoms with van der Waals surface area (Å²) in [4.78, 5) is 4.33. The molecule has 0 spiro atoms. The summed E-state index contributed by atoms with van der Waals surface area (Å²) in [5.74, 6) is 0. The van der Waals surface area contributed by atoms with Crippen LogP contribution in [0.25, 0.3) is 11.1 Å². The zero-order chi connectivity index (χ0) is 15.3. The second-order valence-corrected chi connectivity index (χ2v) is 5.38.